The first-order valence-electron chi connectivity index (χ1n) is 5.37. The molecule has 0 aliphatic carbocycles. The molecule has 0 radical (unpaired) electrons. The van der Waals surface area contributed by atoms with Crippen molar-refractivity contribution in [3.8, 4) is 22.8 Å². The fourth-order valence-corrected chi connectivity index (χ4v) is 2.04. The predicted molar refractivity (Wildman–Crippen MR) is 74.4 cm³/mol. The van der Waals surface area contributed by atoms with Crippen molar-refractivity contribution in [2.45, 2.75) is 0 Å². The third-order valence-corrected chi connectivity index (χ3v) is 2.88. The first kappa shape index (κ1) is 13.2. The van der Waals surface area contributed by atoms with Crippen molar-refractivity contribution in [1.29, 1.82) is 0 Å². The van der Waals surface area contributed by atoms with E-state index in [1.807, 2.05) is 0 Å². The molecule has 2 aromatic rings. The second-order valence-corrected chi connectivity index (χ2v) is 4.08. The maximum Gasteiger partial charge on any atom is 0.222 e. The third kappa shape index (κ3) is 2.48. The lowest BCUT2D eigenvalue weighted by atomic mass is 10.1. The second-order valence-electron chi connectivity index (χ2n) is 3.70. The van der Waals surface area contributed by atoms with E-state index < -0.39 is 0 Å². The molecule has 0 amide bonds. The molecule has 2 rings (SSSR count). The zero-order valence-electron chi connectivity index (χ0n) is 10.5. The standard InChI is InChI=1S/C12H13ClN4O2/c1-18-8-4-3-6(11(19-2)10(8)13)7-5-9(14)17-12(15)16-7/h3-5H,1-2H3,(H4,14,15,16,17). The summed E-state index contributed by atoms with van der Waals surface area (Å²) in [5.41, 5.74) is 12.4. The van der Waals surface area contributed by atoms with Gasteiger partial charge < -0.3 is 20.9 Å². The summed E-state index contributed by atoms with van der Waals surface area (Å²) in [7, 11) is 3.04. The second kappa shape index (κ2) is 5.19. The van der Waals surface area contributed by atoms with Gasteiger partial charge in [0, 0.05) is 11.6 Å². The SMILES string of the molecule is COc1ccc(-c2cc(N)nc(N)n2)c(OC)c1Cl. The quantitative estimate of drug-likeness (QED) is 0.892. The Kier molecular flexibility index (Phi) is 3.62. The number of hydrogen-bond acceptors (Lipinski definition) is 6. The van der Waals surface area contributed by atoms with Crippen molar-refractivity contribution in [2.75, 3.05) is 25.7 Å². The minimum atomic E-state index is 0.0870. The van der Waals surface area contributed by atoms with Crippen LogP contribution in [-0.4, -0.2) is 24.2 Å². The Morgan fingerprint density at radius 1 is 1.11 bits per heavy atom. The Morgan fingerprint density at radius 2 is 1.84 bits per heavy atom. The van der Waals surface area contributed by atoms with Crippen LogP contribution in [0.25, 0.3) is 11.3 Å². The highest BCUT2D eigenvalue weighted by atomic mass is 35.5. The maximum atomic E-state index is 6.19. The molecule has 0 fully saturated rings. The van der Waals surface area contributed by atoms with Crippen molar-refractivity contribution in [3.63, 3.8) is 0 Å². The van der Waals surface area contributed by atoms with E-state index in [9.17, 15) is 0 Å². The van der Waals surface area contributed by atoms with Crippen LogP contribution in [0.3, 0.4) is 0 Å². The summed E-state index contributed by atoms with van der Waals surface area (Å²) < 4.78 is 10.4. The normalized spacial score (nSPS) is 10.3. The molecule has 6 nitrogen and oxygen atoms in total. The molecule has 7 heteroatoms. The molecule has 0 spiro atoms. The monoisotopic (exact) mass is 280 g/mol. The summed E-state index contributed by atoms with van der Waals surface area (Å²) in [5, 5.41) is 0.359. The van der Waals surface area contributed by atoms with Crippen LogP contribution in [0.2, 0.25) is 5.02 Å². The Bertz CT molecular complexity index is 599. The summed E-state index contributed by atoms with van der Waals surface area (Å²) in [6, 6.07) is 5.08. The van der Waals surface area contributed by atoms with Crippen LogP contribution in [0.4, 0.5) is 11.8 Å². The van der Waals surface area contributed by atoms with Gasteiger partial charge in [-0.2, -0.15) is 4.98 Å². The molecule has 100 valence electrons. The Morgan fingerprint density at radius 3 is 2.42 bits per heavy atom. The molecule has 0 saturated carbocycles. The van der Waals surface area contributed by atoms with E-state index in [1.165, 1.54) is 14.2 Å². The minimum Gasteiger partial charge on any atom is -0.495 e. The van der Waals surface area contributed by atoms with Crippen molar-refractivity contribution < 1.29 is 9.47 Å². The van der Waals surface area contributed by atoms with E-state index in [0.29, 0.717) is 27.8 Å². The third-order valence-electron chi connectivity index (χ3n) is 2.52. The van der Waals surface area contributed by atoms with Crippen LogP contribution >= 0.6 is 11.6 Å². The molecular weight excluding hydrogens is 268 g/mol. The Labute approximate surface area is 115 Å². The zero-order valence-corrected chi connectivity index (χ0v) is 11.2. The number of aromatic nitrogens is 2. The number of nitrogens with zero attached hydrogens (tertiary/aromatic N) is 2. The lowest BCUT2D eigenvalue weighted by Crippen LogP contribution is -2.01. The van der Waals surface area contributed by atoms with Crippen LogP contribution in [0, 0.1) is 0 Å². The van der Waals surface area contributed by atoms with Crippen molar-refractivity contribution in [2.24, 2.45) is 0 Å². The Hall–Kier alpha value is -2.21. The van der Waals surface area contributed by atoms with Gasteiger partial charge in [-0.25, -0.2) is 4.98 Å². The van der Waals surface area contributed by atoms with Crippen molar-refractivity contribution in [1.82, 2.24) is 9.97 Å². The molecule has 1 aromatic heterocycles. The molecule has 0 atom stereocenters. The Balaban J connectivity index is 2.65. The number of nitrogens with two attached hydrogens (primary N) is 2. The average Bonchev–Trinajstić information content (AvgIpc) is 2.37. The topological polar surface area (TPSA) is 96.3 Å². The highest BCUT2D eigenvalue weighted by Gasteiger charge is 2.16. The van der Waals surface area contributed by atoms with Gasteiger partial charge in [-0.3, -0.25) is 0 Å². The fourth-order valence-electron chi connectivity index (χ4n) is 1.72. The average molecular weight is 281 g/mol. The van der Waals surface area contributed by atoms with Gasteiger partial charge in [0.05, 0.1) is 19.9 Å². The van der Waals surface area contributed by atoms with Gasteiger partial charge in [0.15, 0.2) is 5.75 Å². The number of rotatable bonds is 3. The van der Waals surface area contributed by atoms with Gasteiger partial charge in [-0.15, -0.1) is 0 Å². The lowest BCUT2D eigenvalue weighted by Gasteiger charge is -2.13. The van der Waals surface area contributed by atoms with Crippen LogP contribution in [0.15, 0.2) is 18.2 Å². The van der Waals surface area contributed by atoms with Crippen molar-refractivity contribution in [3.05, 3.63) is 23.2 Å². The van der Waals surface area contributed by atoms with Crippen LogP contribution < -0.4 is 20.9 Å². The highest BCUT2D eigenvalue weighted by molar-refractivity contribution is 6.34. The van der Waals surface area contributed by atoms with E-state index in [-0.39, 0.29) is 11.8 Å². The molecule has 0 unspecified atom stereocenters. The van der Waals surface area contributed by atoms with Gasteiger partial charge >= 0.3 is 0 Å². The largest absolute Gasteiger partial charge is 0.495 e. The molecule has 4 N–H and O–H groups in total. The smallest absolute Gasteiger partial charge is 0.222 e. The number of ether oxygens (including phenoxy) is 2. The molecule has 0 aliphatic rings. The number of benzene rings is 1. The van der Waals surface area contributed by atoms with Gasteiger partial charge in [0.1, 0.15) is 16.6 Å². The van der Waals surface area contributed by atoms with Crippen LogP contribution in [0.5, 0.6) is 11.5 Å². The molecule has 1 aromatic carbocycles. The van der Waals surface area contributed by atoms with E-state index >= 15 is 0 Å². The van der Waals surface area contributed by atoms with E-state index in [4.69, 9.17) is 32.5 Å². The van der Waals surface area contributed by atoms with Gasteiger partial charge in [0.2, 0.25) is 5.95 Å². The first-order chi connectivity index (χ1) is 9.06. The number of methoxy groups -OCH3 is 2. The number of anilines is 2. The van der Waals surface area contributed by atoms with Gasteiger partial charge in [-0.1, -0.05) is 11.6 Å². The molecule has 0 bridgehead atoms. The van der Waals surface area contributed by atoms with Gasteiger partial charge in [-0.05, 0) is 12.1 Å². The molecular formula is C12H13ClN4O2. The van der Waals surface area contributed by atoms with E-state index in [1.54, 1.807) is 18.2 Å². The predicted octanol–water partition coefficient (Wildman–Crippen LogP) is 1.98. The van der Waals surface area contributed by atoms with Crippen LogP contribution in [-0.2, 0) is 0 Å². The molecule has 0 aliphatic heterocycles. The highest BCUT2D eigenvalue weighted by Crippen LogP contribution is 2.41. The van der Waals surface area contributed by atoms with Crippen molar-refractivity contribution >= 4 is 23.4 Å². The summed E-state index contributed by atoms with van der Waals surface area (Å²) in [4.78, 5) is 7.93. The lowest BCUT2D eigenvalue weighted by molar-refractivity contribution is 0.396. The maximum absolute atomic E-state index is 6.19. The zero-order chi connectivity index (χ0) is 14.0. The fraction of sp³-hybridized carbons (Fsp3) is 0.167. The first-order valence-corrected chi connectivity index (χ1v) is 5.75. The summed E-state index contributed by atoms with van der Waals surface area (Å²) in [6.45, 7) is 0. The van der Waals surface area contributed by atoms with E-state index in [0.717, 1.165) is 0 Å². The number of halogens is 1. The summed E-state index contributed by atoms with van der Waals surface area (Å²) in [6.07, 6.45) is 0. The molecule has 19 heavy (non-hydrogen) atoms. The summed E-state index contributed by atoms with van der Waals surface area (Å²) in [5.74, 6) is 1.32. The molecule has 0 saturated heterocycles. The summed E-state index contributed by atoms with van der Waals surface area (Å²) >= 11 is 6.19. The van der Waals surface area contributed by atoms with Gasteiger partial charge in [0.25, 0.3) is 0 Å². The minimum absolute atomic E-state index is 0.0870. The van der Waals surface area contributed by atoms with Crippen LogP contribution in [0.1, 0.15) is 0 Å². The number of hydrogen-bond donors (Lipinski definition) is 2. The number of nitrogen functional groups attached to an aromatic ring is 2. The molecule has 1 heterocycles. The van der Waals surface area contributed by atoms with E-state index in [2.05, 4.69) is 9.97 Å².